The highest BCUT2D eigenvalue weighted by atomic mass is 16.2. The summed E-state index contributed by atoms with van der Waals surface area (Å²) in [6.45, 7) is 3.92. The lowest BCUT2D eigenvalue weighted by atomic mass is 9.80. The molecule has 1 heterocycles. The molecule has 4 nitrogen and oxygen atoms in total. The maximum absolute atomic E-state index is 12.5. The van der Waals surface area contributed by atoms with Gasteiger partial charge in [0, 0.05) is 30.3 Å². The molecule has 0 spiro atoms. The molecule has 26 heavy (non-hydrogen) atoms. The van der Waals surface area contributed by atoms with Gasteiger partial charge in [-0.25, -0.2) is 0 Å². The van der Waals surface area contributed by atoms with Gasteiger partial charge in [-0.05, 0) is 54.7 Å². The van der Waals surface area contributed by atoms with Crippen LogP contribution in [0, 0.1) is 23.2 Å². The second-order valence-electron chi connectivity index (χ2n) is 7.45. The van der Waals surface area contributed by atoms with E-state index >= 15 is 0 Å². The molecule has 0 saturated heterocycles. The van der Waals surface area contributed by atoms with E-state index in [9.17, 15) is 4.79 Å². The Hall–Kier alpha value is -2.80. The molecule has 3 atom stereocenters. The fourth-order valence-corrected chi connectivity index (χ4v) is 4.33. The van der Waals surface area contributed by atoms with Gasteiger partial charge in [0.15, 0.2) is 0 Å². The molecule has 4 heteroatoms. The van der Waals surface area contributed by atoms with Gasteiger partial charge in [0.25, 0.3) is 0 Å². The van der Waals surface area contributed by atoms with E-state index in [0.29, 0.717) is 17.4 Å². The van der Waals surface area contributed by atoms with Gasteiger partial charge in [0.05, 0.1) is 17.7 Å². The Kier molecular flexibility index (Phi) is 4.16. The average Bonchev–Trinajstić information content (AvgIpc) is 3.48. The second-order valence-corrected chi connectivity index (χ2v) is 7.45. The van der Waals surface area contributed by atoms with Crippen molar-refractivity contribution in [3.63, 3.8) is 0 Å². The Morgan fingerprint density at radius 3 is 2.46 bits per heavy atom. The maximum Gasteiger partial charge on any atom is 0.224 e. The zero-order chi connectivity index (χ0) is 18.3. The van der Waals surface area contributed by atoms with Gasteiger partial charge < -0.3 is 10.2 Å². The smallest absolute Gasteiger partial charge is 0.224 e. The van der Waals surface area contributed by atoms with Gasteiger partial charge in [-0.15, -0.1) is 0 Å². The molecule has 132 valence electrons. The summed E-state index contributed by atoms with van der Waals surface area (Å²) in [6.07, 6.45) is 2.40. The summed E-state index contributed by atoms with van der Waals surface area (Å²) in [7, 11) is 0. The van der Waals surface area contributed by atoms with Crippen LogP contribution >= 0.6 is 0 Å². The number of hydrogen-bond donors (Lipinski definition) is 1. The van der Waals surface area contributed by atoms with Crippen LogP contribution in [0.15, 0.2) is 48.5 Å². The molecule has 4 rings (SSSR count). The van der Waals surface area contributed by atoms with E-state index in [-0.39, 0.29) is 18.0 Å². The molecular formula is C22H23N3O. The average molecular weight is 345 g/mol. The molecule has 1 aliphatic carbocycles. The van der Waals surface area contributed by atoms with Crippen LogP contribution < -0.4 is 10.2 Å². The summed E-state index contributed by atoms with van der Waals surface area (Å²) in [4.78, 5) is 14.5. The minimum absolute atomic E-state index is 0.123. The molecule has 2 aromatic carbocycles. The van der Waals surface area contributed by atoms with Crippen LogP contribution in [0.25, 0.3) is 0 Å². The molecular weight excluding hydrogens is 322 g/mol. The van der Waals surface area contributed by atoms with Gasteiger partial charge in [0.1, 0.15) is 0 Å². The number of carbonyl (C=O) groups is 1. The number of amides is 1. The van der Waals surface area contributed by atoms with Crippen molar-refractivity contribution in [3.05, 3.63) is 59.7 Å². The normalized spacial score (nSPS) is 24.5. The Labute approximate surface area is 154 Å². The predicted molar refractivity (Wildman–Crippen MR) is 103 cm³/mol. The topological polar surface area (TPSA) is 56.1 Å². The van der Waals surface area contributed by atoms with E-state index in [1.54, 1.807) is 6.92 Å². The molecule has 2 aromatic rings. The fourth-order valence-electron chi connectivity index (χ4n) is 4.33. The van der Waals surface area contributed by atoms with Gasteiger partial charge >= 0.3 is 0 Å². The Morgan fingerprint density at radius 2 is 1.85 bits per heavy atom. The molecule has 2 aliphatic rings. The van der Waals surface area contributed by atoms with E-state index in [0.717, 1.165) is 16.9 Å². The fraction of sp³-hybridized carbons (Fsp3) is 0.364. The summed E-state index contributed by atoms with van der Waals surface area (Å²) < 4.78 is 0. The number of carbonyl (C=O) groups excluding carboxylic acids is 1. The predicted octanol–water partition coefficient (Wildman–Crippen LogP) is 4.49. The van der Waals surface area contributed by atoms with Crippen LogP contribution in [0.5, 0.6) is 0 Å². The number of rotatable bonds is 3. The van der Waals surface area contributed by atoms with Crippen LogP contribution in [0.1, 0.15) is 43.9 Å². The van der Waals surface area contributed by atoms with Gasteiger partial charge in [-0.3, -0.25) is 4.79 Å². The highest BCUT2D eigenvalue weighted by Crippen LogP contribution is 2.49. The van der Waals surface area contributed by atoms with Gasteiger partial charge in [-0.1, -0.05) is 25.1 Å². The largest absolute Gasteiger partial charge is 0.378 e. The molecule has 0 unspecified atom stereocenters. The zero-order valence-corrected chi connectivity index (χ0v) is 15.1. The molecule has 1 N–H and O–H groups in total. The lowest BCUT2D eigenvalue weighted by Gasteiger charge is -2.46. The van der Waals surface area contributed by atoms with Crippen LogP contribution in [0.2, 0.25) is 0 Å². The monoisotopic (exact) mass is 345 g/mol. The number of anilines is 2. The molecule has 1 saturated carbocycles. The number of benzene rings is 2. The van der Waals surface area contributed by atoms with Crippen molar-refractivity contribution < 1.29 is 4.79 Å². The van der Waals surface area contributed by atoms with Crippen molar-refractivity contribution in [2.45, 2.75) is 38.8 Å². The molecule has 1 amide bonds. The molecule has 1 fully saturated rings. The second kappa shape index (κ2) is 6.49. The summed E-state index contributed by atoms with van der Waals surface area (Å²) in [5.41, 5.74) is 3.85. The molecule has 1 aliphatic heterocycles. The first kappa shape index (κ1) is 16.7. The van der Waals surface area contributed by atoms with Crippen molar-refractivity contribution in [2.75, 3.05) is 10.2 Å². The van der Waals surface area contributed by atoms with Crippen molar-refractivity contribution >= 4 is 17.3 Å². The lowest BCUT2D eigenvalue weighted by molar-refractivity contribution is -0.117. The number of nitrogens with one attached hydrogen (secondary N) is 1. The number of hydrogen-bond acceptors (Lipinski definition) is 3. The number of para-hydroxylation sites is 1. The highest BCUT2D eigenvalue weighted by Gasteiger charge is 2.47. The van der Waals surface area contributed by atoms with Gasteiger partial charge in [-0.2, -0.15) is 5.26 Å². The van der Waals surface area contributed by atoms with E-state index in [1.807, 2.05) is 41.3 Å². The van der Waals surface area contributed by atoms with Crippen LogP contribution in [0.4, 0.5) is 11.4 Å². The van der Waals surface area contributed by atoms with Crippen molar-refractivity contribution in [3.8, 4) is 6.07 Å². The van der Waals surface area contributed by atoms with E-state index in [4.69, 9.17) is 5.26 Å². The number of nitriles is 1. The summed E-state index contributed by atoms with van der Waals surface area (Å²) >= 11 is 0. The standard InChI is InChI=1S/C22H23N3O/c1-14-21(24-18-11-7-16(13-23)8-12-18)19-5-3-4-6-20(19)25(15(2)26)22(14)17-9-10-17/h3-8,11-12,14,17,21-22,24H,9-10H2,1-2H3/t14-,21-,22+/m1/s1. The first-order valence-electron chi connectivity index (χ1n) is 9.25. The van der Waals surface area contributed by atoms with E-state index < -0.39 is 0 Å². The van der Waals surface area contributed by atoms with Crippen LogP contribution in [0.3, 0.4) is 0 Å². The minimum Gasteiger partial charge on any atom is -0.378 e. The zero-order valence-electron chi connectivity index (χ0n) is 15.1. The highest BCUT2D eigenvalue weighted by molar-refractivity contribution is 5.94. The van der Waals surface area contributed by atoms with Crippen LogP contribution in [-0.4, -0.2) is 11.9 Å². The Morgan fingerprint density at radius 1 is 1.15 bits per heavy atom. The first-order chi connectivity index (χ1) is 12.6. The quantitative estimate of drug-likeness (QED) is 0.891. The third kappa shape index (κ3) is 2.84. The lowest BCUT2D eigenvalue weighted by Crippen LogP contribution is -2.51. The van der Waals surface area contributed by atoms with Crippen molar-refractivity contribution in [2.24, 2.45) is 11.8 Å². The van der Waals surface area contributed by atoms with E-state index in [2.05, 4.69) is 30.4 Å². The molecule has 0 aromatic heterocycles. The van der Waals surface area contributed by atoms with E-state index in [1.165, 1.54) is 12.8 Å². The Bertz CT molecular complexity index is 864. The SMILES string of the molecule is CC(=O)N1c2ccccc2[C@H](Nc2ccc(C#N)cc2)[C@@H](C)[C@H]1C1CC1. The van der Waals surface area contributed by atoms with Crippen molar-refractivity contribution in [1.29, 1.82) is 5.26 Å². The molecule has 0 bridgehead atoms. The third-order valence-corrected chi connectivity index (χ3v) is 5.67. The summed E-state index contributed by atoms with van der Waals surface area (Å²) in [6, 6.07) is 18.3. The Balaban J connectivity index is 1.74. The maximum atomic E-state index is 12.5. The third-order valence-electron chi connectivity index (χ3n) is 5.67. The van der Waals surface area contributed by atoms with Gasteiger partial charge in [0.2, 0.25) is 5.91 Å². The van der Waals surface area contributed by atoms with Crippen molar-refractivity contribution in [1.82, 2.24) is 0 Å². The summed E-state index contributed by atoms with van der Waals surface area (Å²) in [5, 5.41) is 12.7. The van der Waals surface area contributed by atoms with Crippen LogP contribution in [-0.2, 0) is 4.79 Å². The molecule has 0 radical (unpaired) electrons. The summed E-state index contributed by atoms with van der Waals surface area (Å²) in [5.74, 6) is 1.02. The number of nitrogens with zero attached hydrogens (tertiary/aromatic N) is 2. The number of fused-ring (bicyclic) bond motifs is 1. The first-order valence-corrected chi connectivity index (χ1v) is 9.25. The minimum atomic E-state index is 0.123.